The average Bonchev–Trinajstić information content (AvgIpc) is 3.47. The van der Waals surface area contributed by atoms with Crippen LogP contribution in [0.4, 0.5) is 5.95 Å². The third-order valence-corrected chi connectivity index (χ3v) is 7.28. The molecule has 146 valence electrons. The Morgan fingerprint density at radius 3 is 2.63 bits per heavy atom. The minimum Gasteiger partial charge on any atom is -0.374 e. The van der Waals surface area contributed by atoms with Crippen molar-refractivity contribution >= 4 is 17.3 Å². The molecule has 27 heavy (non-hydrogen) atoms. The third kappa shape index (κ3) is 3.00. The molecule has 2 aromatic rings. The Labute approximate surface area is 164 Å². The van der Waals surface area contributed by atoms with E-state index in [0.717, 1.165) is 37.8 Å². The Bertz CT molecular complexity index is 759. The highest BCUT2D eigenvalue weighted by atomic mass is 32.1. The number of hydrogen-bond acceptors (Lipinski definition) is 6. The molecule has 0 aromatic carbocycles. The van der Waals surface area contributed by atoms with E-state index in [9.17, 15) is 0 Å². The summed E-state index contributed by atoms with van der Waals surface area (Å²) >= 11 is 1.79. The van der Waals surface area contributed by atoms with Crippen LogP contribution in [0, 0.1) is 11.8 Å². The monoisotopic (exact) mass is 388 g/mol. The summed E-state index contributed by atoms with van der Waals surface area (Å²) in [6.45, 7) is 7.78. The van der Waals surface area contributed by atoms with Gasteiger partial charge in [-0.05, 0) is 37.6 Å². The summed E-state index contributed by atoms with van der Waals surface area (Å²) in [6, 6.07) is 4.30. The highest BCUT2D eigenvalue weighted by Crippen LogP contribution is 2.48. The maximum absolute atomic E-state index is 6.14. The fourth-order valence-corrected chi connectivity index (χ4v) is 5.88. The van der Waals surface area contributed by atoms with Crippen LogP contribution in [-0.4, -0.2) is 46.7 Å². The molecule has 1 unspecified atom stereocenters. The van der Waals surface area contributed by atoms with E-state index in [0.29, 0.717) is 30.7 Å². The number of aromatic nitrogens is 3. The number of nitrogens with zero attached hydrogens (tertiary/aromatic N) is 4. The van der Waals surface area contributed by atoms with Gasteiger partial charge in [0.1, 0.15) is 6.10 Å². The summed E-state index contributed by atoms with van der Waals surface area (Å²) in [4.78, 5) is 3.78. The number of fused-ring (bicyclic) bond motifs is 5. The highest BCUT2D eigenvalue weighted by Gasteiger charge is 2.53. The van der Waals surface area contributed by atoms with Gasteiger partial charge in [-0.15, -0.1) is 21.5 Å². The molecule has 5 rings (SSSR count). The zero-order chi connectivity index (χ0) is 18.4. The summed E-state index contributed by atoms with van der Waals surface area (Å²) in [6.07, 6.45) is 4.29. The third-order valence-electron chi connectivity index (χ3n) is 6.42. The molecule has 7 heteroatoms. The predicted octanol–water partition coefficient (Wildman–Crippen LogP) is 3.49. The summed E-state index contributed by atoms with van der Waals surface area (Å²) < 4.78 is 14.4. The highest BCUT2D eigenvalue weighted by molar-refractivity contribution is 7.09. The first kappa shape index (κ1) is 17.6. The largest absolute Gasteiger partial charge is 0.374 e. The smallest absolute Gasteiger partial charge is 0.227 e. The van der Waals surface area contributed by atoms with Crippen molar-refractivity contribution in [1.82, 2.24) is 14.8 Å². The molecule has 2 bridgehead atoms. The molecule has 0 spiro atoms. The molecule has 5 heterocycles. The van der Waals surface area contributed by atoms with Gasteiger partial charge in [-0.2, -0.15) is 0 Å². The second-order valence-electron chi connectivity index (χ2n) is 7.90. The number of hydrogen-bond donors (Lipinski definition) is 0. The van der Waals surface area contributed by atoms with Gasteiger partial charge in [-0.1, -0.05) is 13.0 Å². The second kappa shape index (κ2) is 7.18. The normalized spacial score (nSPS) is 30.2. The number of thiophene rings is 1. The fourth-order valence-electron chi connectivity index (χ4n) is 5.19. The van der Waals surface area contributed by atoms with Crippen molar-refractivity contribution in [3.05, 3.63) is 28.2 Å². The SMILES string of the molecule is CCOC(CC)c1nnc(N2C[C@@H]3[C@H](C2)[C@H]2CC[C@@H]3O2)n1Cc1cccs1. The van der Waals surface area contributed by atoms with Gasteiger partial charge in [0.05, 0.1) is 18.8 Å². The summed E-state index contributed by atoms with van der Waals surface area (Å²) in [7, 11) is 0. The molecule has 0 amide bonds. The minimum absolute atomic E-state index is 0.00201. The lowest BCUT2D eigenvalue weighted by Gasteiger charge is -2.22. The van der Waals surface area contributed by atoms with Crippen LogP contribution in [0.2, 0.25) is 0 Å². The number of anilines is 1. The number of rotatable bonds is 7. The summed E-state index contributed by atoms with van der Waals surface area (Å²) in [5, 5.41) is 11.4. The standard InChI is InChI=1S/C20H28N4O2S/c1-3-16(25-4-2)19-21-22-20(24(19)10-13-6-5-9-27-13)23-11-14-15(12-23)18-8-7-17(14)26-18/h5-6,9,14-18H,3-4,7-8,10-12H2,1-2H3/t14-,15+,16?,17+,18-. The van der Waals surface area contributed by atoms with Crippen LogP contribution in [0.25, 0.3) is 0 Å². The maximum atomic E-state index is 6.14. The van der Waals surface area contributed by atoms with E-state index >= 15 is 0 Å². The lowest BCUT2D eigenvalue weighted by molar-refractivity contribution is 0.0510. The first-order chi connectivity index (χ1) is 13.3. The first-order valence-corrected chi connectivity index (χ1v) is 11.1. The molecule has 3 aliphatic heterocycles. The number of ether oxygens (including phenoxy) is 2. The maximum Gasteiger partial charge on any atom is 0.227 e. The van der Waals surface area contributed by atoms with E-state index in [4.69, 9.17) is 9.47 Å². The van der Waals surface area contributed by atoms with Gasteiger partial charge in [0.25, 0.3) is 0 Å². The van der Waals surface area contributed by atoms with Gasteiger partial charge in [0, 0.05) is 36.4 Å². The lowest BCUT2D eigenvalue weighted by atomic mass is 9.82. The molecule has 0 radical (unpaired) electrons. The molecular formula is C20H28N4O2S. The van der Waals surface area contributed by atoms with Gasteiger partial charge in [0.2, 0.25) is 5.95 Å². The van der Waals surface area contributed by atoms with E-state index in [1.807, 2.05) is 6.92 Å². The molecular weight excluding hydrogens is 360 g/mol. The van der Waals surface area contributed by atoms with Crippen molar-refractivity contribution in [3.8, 4) is 0 Å². The molecule has 3 saturated heterocycles. The fraction of sp³-hybridized carbons (Fsp3) is 0.700. The topological polar surface area (TPSA) is 52.4 Å². The van der Waals surface area contributed by atoms with Gasteiger partial charge in [-0.3, -0.25) is 4.57 Å². The van der Waals surface area contributed by atoms with Crippen LogP contribution in [0.15, 0.2) is 17.5 Å². The van der Waals surface area contributed by atoms with Gasteiger partial charge >= 0.3 is 0 Å². The van der Waals surface area contributed by atoms with Crippen molar-refractivity contribution in [1.29, 1.82) is 0 Å². The molecule has 2 aromatic heterocycles. The summed E-state index contributed by atoms with van der Waals surface area (Å²) in [5.41, 5.74) is 0. The van der Waals surface area contributed by atoms with Crippen molar-refractivity contribution in [2.75, 3.05) is 24.6 Å². The quantitative estimate of drug-likeness (QED) is 0.727. The van der Waals surface area contributed by atoms with Crippen LogP contribution < -0.4 is 4.90 Å². The van der Waals surface area contributed by atoms with Crippen LogP contribution in [-0.2, 0) is 16.0 Å². The Kier molecular flexibility index (Phi) is 4.70. The van der Waals surface area contributed by atoms with Crippen molar-refractivity contribution in [3.63, 3.8) is 0 Å². The minimum atomic E-state index is -0.00201. The van der Waals surface area contributed by atoms with E-state index < -0.39 is 0 Å². The van der Waals surface area contributed by atoms with Crippen LogP contribution in [0.5, 0.6) is 0 Å². The summed E-state index contributed by atoms with van der Waals surface area (Å²) in [5.74, 6) is 3.28. The van der Waals surface area contributed by atoms with Crippen molar-refractivity contribution < 1.29 is 9.47 Å². The molecule has 6 nitrogen and oxygen atoms in total. The van der Waals surface area contributed by atoms with E-state index in [1.165, 1.54) is 17.7 Å². The van der Waals surface area contributed by atoms with E-state index in [1.54, 1.807) is 11.3 Å². The Balaban J connectivity index is 1.46. The Hall–Kier alpha value is -1.44. The molecule has 5 atom stereocenters. The van der Waals surface area contributed by atoms with Gasteiger partial charge in [0.15, 0.2) is 5.82 Å². The Morgan fingerprint density at radius 1 is 1.22 bits per heavy atom. The Morgan fingerprint density at radius 2 is 2.00 bits per heavy atom. The van der Waals surface area contributed by atoms with Gasteiger partial charge < -0.3 is 14.4 Å². The molecule has 0 N–H and O–H groups in total. The van der Waals surface area contributed by atoms with Crippen LogP contribution in [0.3, 0.4) is 0 Å². The van der Waals surface area contributed by atoms with E-state index in [2.05, 4.69) is 44.1 Å². The van der Waals surface area contributed by atoms with Crippen LogP contribution in [0.1, 0.15) is 49.9 Å². The van der Waals surface area contributed by atoms with Crippen molar-refractivity contribution in [2.24, 2.45) is 11.8 Å². The second-order valence-corrected chi connectivity index (χ2v) is 8.93. The van der Waals surface area contributed by atoms with Gasteiger partial charge in [-0.25, -0.2) is 0 Å². The molecule has 3 fully saturated rings. The van der Waals surface area contributed by atoms with Crippen LogP contribution >= 0.6 is 11.3 Å². The van der Waals surface area contributed by atoms with E-state index in [-0.39, 0.29) is 6.10 Å². The molecule has 0 saturated carbocycles. The lowest BCUT2D eigenvalue weighted by Crippen LogP contribution is -2.28. The zero-order valence-electron chi connectivity index (χ0n) is 16.1. The average molecular weight is 389 g/mol. The molecule has 3 aliphatic rings. The molecule has 0 aliphatic carbocycles. The zero-order valence-corrected chi connectivity index (χ0v) is 16.9. The van der Waals surface area contributed by atoms with Crippen molar-refractivity contribution in [2.45, 2.75) is 58.0 Å². The predicted molar refractivity (Wildman–Crippen MR) is 105 cm³/mol. The first-order valence-electron chi connectivity index (χ1n) is 10.3.